The van der Waals surface area contributed by atoms with Gasteiger partial charge in [-0.3, -0.25) is 4.79 Å². The zero-order valence-corrected chi connectivity index (χ0v) is 17.2. The number of rotatable bonds is 8. The number of sulfonamides is 1. The van der Waals surface area contributed by atoms with E-state index in [0.717, 1.165) is 6.07 Å². The quantitative estimate of drug-likeness (QED) is 0.592. The van der Waals surface area contributed by atoms with Crippen LogP contribution in [0.1, 0.15) is 31.4 Å². The van der Waals surface area contributed by atoms with Gasteiger partial charge in [0, 0.05) is 18.7 Å². The van der Waals surface area contributed by atoms with E-state index in [1.807, 2.05) is 13.8 Å². The van der Waals surface area contributed by atoms with Crippen molar-refractivity contribution in [2.24, 2.45) is 5.92 Å². The molecule has 0 aromatic heterocycles. The SMILES string of the molecule is CC(C)CNS(=O)(=O)c1ccc(CCC(=O)Nc2ccc(F)c(C(F)(F)F)c2)cc1. The van der Waals surface area contributed by atoms with Crippen LogP contribution in [0.25, 0.3) is 0 Å². The van der Waals surface area contributed by atoms with Gasteiger partial charge in [-0.2, -0.15) is 13.2 Å². The first-order valence-corrected chi connectivity index (χ1v) is 10.6. The van der Waals surface area contributed by atoms with Crippen molar-refractivity contribution in [2.75, 3.05) is 11.9 Å². The lowest BCUT2D eigenvalue weighted by Crippen LogP contribution is -2.27. The number of hydrogen-bond donors (Lipinski definition) is 2. The van der Waals surface area contributed by atoms with Crippen LogP contribution >= 0.6 is 0 Å². The molecule has 0 heterocycles. The van der Waals surface area contributed by atoms with Crippen molar-refractivity contribution in [3.05, 3.63) is 59.4 Å². The minimum absolute atomic E-state index is 0.0452. The van der Waals surface area contributed by atoms with Gasteiger partial charge in [-0.15, -0.1) is 0 Å². The summed E-state index contributed by atoms with van der Waals surface area (Å²) in [6, 6.07) is 8.21. The third kappa shape index (κ3) is 6.81. The fourth-order valence-electron chi connectivity index (χ4n) is 2.50. The van der Waals surface area contributed by atoms with E-state index < -0.39 is 33.5 Å². The smallest absolute Gasteiger partial charge is 0.326 e. The van der Waals surface area contributed by atoms with Gasteiger partial charge in [0.1, 0.15) is 5.82 Å². The zero-order chi connectivity index (χ0) is 22.5. The average Bonchev–Trinajstić information content (AvgIpc) is 2.66. The molecule has 2 rings (SSSR count). The second-order valence-electron chi connectivity index (χ2n) is 7.13. The van der Waals surface area contributed by atoms with Gasteiger partial charge in [0.2, 0.25) is 15.9 Å². The highest BCUT2D eigenvalue weighted by Gasteiger charge is 2.34. The van der Waals surface area contributed by atoms with Crippen LogP contribution in [0, 0.1) is 11.7 Å². The Hall–Kier alpha value is -2.46. The van der Waals surface area contributed by atoms with Gasteiger partial charge in [0.05, 0.1) is 10.5 Å². The van der Waals surface area contributed by atoms with Gasteiger partial charge in [0.15, 0.2) is 0 Å². The number of amides is 1. The molecule has 0 radical (unpaired) electrons. The zero-order valence-electron chi connectivity index (χ0n) is 16.4. The molecule has 164 valence electrons. The molecule has 0 bridgehead atoms. The molecule has 0 fully saturated rings. The predicted octanol–water partition coefficient (Wildman–Crippen LogP) is 4.35. The van der Waals surface area contributed by atoms with Gasteiger partial charge in [-0.05, 0) is 48.2 Å². The Labute approximate surface area is 172 Å². The number of aryl methyl sites for hydroxylation is 1. The van der Waals surface area contributed by atoms with Gasteiger partial charge in [-0.25, -0.2) is 17.5 Å². The number of hydrogen-bond acceptors (Lipinski definition) is 3. The van der Waals surface area contributed by atoms with Crippen LogP contribution in [-0.4, -0.2) is 20.9 Å². The molecule has 2 aromatic carbocycles. The Bertz CT molecular complexity index is 988. The minimum atomic E-state index is -4.86. The van der Waals surface area contributed by atoms with E-state index in [1.165, 1.54) is 12.1 Å². The van der Waals surface area contributed by atoms with Crippen molar-refractivity contribution in [3.63, 3.8) is 0 Å². The third-order valence-electron chi connectivity index (χ3n) is 4.11. The van der Waals surface area contributed by atoms with E-state index in [1.54, 1.807) is 12.1 Å². The van der Waals surface area contributed by atoms with Gasteiger partial charge in [0.25, 0.3) is 0 Å². The normalized spacial score (nSPS) is 12.2. The first-order chi connectivity index (χ1) is 13.9. The number of carbonyl (C=O) groups is 1. The highest BCUT2D eigenvalue weighted by molar-refractivity contribution is 7.89. The number of benzene rings is 2. The summed E-state index contributed by atoms with van der Waals surface area (Å²) in [5.41, 5.74) is -0.933. The average molecular weight is 446 g/mol. The molecule has 5 nitrogen and oxygen atoms in total. The molecular weight excluding hydrogens is 424 g/mol. The van der Waals surface area contributed by atoms with E-state index in [2.05, 4.69) is 10.0 Å². The number of halogens is 4. The summed E-state index contributed by atoms with van der Waals surface area (Å²) in [5.74, 6) is -1.81. The van der Waals surface area contributed by atoms with Crippen molar-refractivity contribution in [3.8, 4) is 0 Å². The summed E-state index contributed by atoms with van der Waals surface area (Å²) < 4.78 is 78.3. The van der Waals surface area contributed by atoms with Crippen LogP contribution in [0.5, 0.6) is 0 Å². The molecule has 0 saturated heterocycles. The Balaban J connectivity index is 1.96. The molecule has 10 heteroatoms. The number of alkyl halides is 3. The molecular formula is C20H22F4N2O3S. The molecule has 0 saturated carbocycles. The van der Waals surface area contributed by atoms with Crippen molar-refractivity contribution < 1.29 is 30.8 Å². The summed E-state index contributed by atoms with van der Waals surface area (Å²) >= 11 is 0. The maximum Gasteiger partial charge on any atom is 0.419 e. The highest BCUT2D eigenvalue weighted by atomic mass is 32.2. The lowest BCUT2D eigenvalue weighted by Gasteiger charge is -2.11. The fourth-order valence-corrected chi connectivity index (χ4v) is 3.71. The monoisotopic (exact) mass is 446 g/mol. The van der Waals surface area contributed by atoms with E-state index in [0.29, 0.717) is 24.2 Å². The second-order valence-corrected chi connectivity index (χ2v) is 8.90. The molecule has 2 N–H and O–H groups in total. The van der Waals surface area contributed by atoms with Crippen molar-refractivity contribution in [2.45, 2.75) is 37.8 Å². The molecule has 0 aliphatic carbocycles. The summed E-state index contributed by atoms with van der Waals surface area (Å²) in [7, 11) is -3.62. The van der Waals surface area contributed by atoms with Crippen molar-refractivity contribution >= 4 is 21.6 Å². The Kier molecular flexibility index (Phi) is 7.59. The number of nitrogens with one attached hydrogen (secondary N) is 2. The van der Waals surface area contributed by atoms with E-state index in [9.17, 15) is 30.8 Å². The third-order valence-corrected chi connectivity index (χ3v) is 5.55. The van der Waals surface area contributed by atoms with Gasteiger partial charge < -0.3 is 5.32 Å². The van der Waals surface area contributed by atoms with Gasteiger partial charge in [-0.1, -0.05) is 26.0 Å². The summed E-state index contributed by atoms with van der Waals surface area (Å²) in [5, 5.41) is 2.30. The minimum Gasteiger partial charge on any atom is -0.326 e. The Morgan fingerprint density at radius 1 is 1.07 bits per heavy atom. The lowest BCUT2D eigenvalue weighted by molar-refractivity contribution is -0.140. The summed E-state index contributed by atoms with van der Waals surface area (Å²) in [6.07, 6.45) is -4.66. The van der Waals surface area contributed by atoms with E-state index >= 15 is 0 Å². The lowest BCUT2D eigenvalue weighted by atomic mass is 10.1. The second kappa shape index (κ2) is 9.57. The maximum atomic E-state index is 13.3. The first-order valence-electron chi connectivity index (χ1n) is 9.13. The highest BCUT2D eigenvalue weighted by Crippen LogP contribution is 2.33. The van der Waals surface area contributed by atoms with Crippen LogP contribution < -0.4 is 10.0 Å². The summed E-state index contributed by atoms with van der Waals surface area (Å²) in [6.45, 7) is 4.07. The molecule has 30 heavy (non-hydrogen) atoms. The van der Waals surface area contributed by atoms with E-state index in [-0.39, 0.29) is 29.3 Å². The van der Waals surface area contributed by atoms with Crippen LogP contribution in [0.4, 0.5) is 23.2 Å². The topological polar surface area (TPSA) is 75.3 Å². The van der Waals surface area contributed by atoms with Crippen LogP contribution in [0.15, 0.2) is 47.4 Å². The molecule has 1 amide bonds. The van der Waals surface area contributed by atoms with Gasteiger partial charge >= 0.3 is 6.18 Å². The fraction of sp³-hybridized carbons (Fsp3) is 0.350. The standard InChI is InChI=1S/C20H22F4N2O3S/c1-13(2)12-25-30(28,29)16-7-3-14(4-8-16)5-10-19(27)26-15-6-9-18(21)17(11-15)20(22,23)24/h3-4,6-9,11,13,25H,5,10,12H2,1-2H3,(H,26,27). The molecule has 0 aliphatic heterocycles. The first kappa shape index (κ1) is 23.8. The van der Waals surface area contributed by atoms with E-state index in [4.69, 9.17) is 0 Å². The summed E-state index contributed by atoms with van der Waals surface area (Å²) in [4.78, 5) is 12.1. The molecule has 0 spiro atoms. The predicted molar refractivity (Wildman–Crippen MR) is 105 cm³/mol. The van der Waals surface area contributed by atoms with Crippen LogP contribution in [0.3, 0.4) is 0 Å². The maximum absolute atomic E-state index is 13.3. The molecule has 2 aromatic rings. The molecule has 0 aliphatic rings. The largest absolute Gasteiger partial charge is 0.419 e. The van der Waals surface area contributed by atoms with Crippen molar-refractivity contribution in [1.29, 1.82) is 0 Å². The Morgan fingerprint density at radius 2 is 1.70 bits per heavy atom. The number of carbonyl (C=O) groups excluding carboxylic acids is 1. The van der Waals surface area contributed by atoms with Crippen molar-refractivity contribution in [1.82, 2.24) is 4.72 Å². The number of anilines is 1. The molecule has 0 atom stereocenters. The van der Waals surface area contributed by atoms with Crippen LogP contribution in [-0.2, 0) is 27.4 Å². The van der Waals surface area contributed by atoms with Crippen LogP contribution in [0.2, 0.25) is 0 Å². The Morgan fingerprint density at radius 3 is 2.27 bits per heavy atom. The molecule has 0 unspecified atom stereocenters.